The highest BCUT2D eigenvalue weighted by Gasteiger charge is 2.76. The fraction of sp³-hybridized carbons (Fsp3) is 0.464. The summed E-state index contributed by atoms with van der Waals surface area (Å²) >= 11 is 0. The van der Waals surface area contributed by atoms with Gasteiger partial charge in [0.05, 0.1) is 12.6 Å². The third-order valence-corrected chi connectivity index (χ3v) is 9.17. The van der Waals surface area contributed by atoms with Crippen LogP contribution in [0.25, 0.3) is 10.9 Å². The van der Waals surface area contributed by atoms with Gasteiger partial charge in [-0.2, -0.15) is 0 Å². The molecule has 170 valence electrons. The third-order valence-electron chi connectivity index (χ3n) is 9.17. The molecule has 2 bridgehead atoms. The Balaban J connectivity index is 1.34. The average molecular weight is 445 g/mol. The Bertz CT molecular complexity index is 1260. The first-order chi connectivity index (χ1) is 16.0. The molecular formula is C28H29FN2O2. The van der Waals surface area contributed by atoms with Gasteiger partial charge in [0.2, 0.25) is 0 Å². The molecule has 1 aromatic carbocycles. The van der Waals surface area contributed by atoms with Crippen LogP contribution in [0.2, 0.25) is 0 Å². The number of carbonyl (C=O) groups excluding carboxylic acids is 1. The van der Waals surface area contributed by atoms with Gasteiger partial charge in [0.1, 0.15) is 5.83 Å². The number of fused-ring (bicyclic) bond motifs is 7. The first-order valence-corrected chi connectivity index (χ1v) is 12.3. The molecule has 2 aromatic rings. The van der Waals surface area contributed by atoms with E-state index in [0.717, 1.165) is 17.5 Å². The molecule has 4 aliphatic carbocycles. The molecule has 0 radical (unpaired) electrons. The molecule has 8 rings (SSSR count). The van der Waals surface area contributed by atoms with Crippen molar-refractivity contribution in [3.05, 3.63) is 71.2 Å². The third kappa shape index (κ3) is 2.46. The minimum atomic E-state index is -0.379. The Morgan fingerprint density at radius 2 is 2.15 bits per heavy atom. The Labute approximate surface area is 193 Å². The van der Waals surface area contributed by atoms with Crippen molar-refractivity contribution in [2.75, 3.05) is 6.61 Å². The van der Waals surface area contributed by atoms with Crippen LogP contribution in [0.1, 0.15) is 44.0 Å². The van der Waals surface area contributed by atoms with Crippen molar-refractivity contribution in [3.8, 4) is 0 Å². The summed E-state index contributed by atoms with van der Waals surface area (Å²) in [5.74, 6) is 0.761. The van der Waals surface area contributed by atoms with Gasteiger partial charge in [-0.1, -0.05) is 24.3 Å². The zero-order valence-electron chi connectivity index (χ0n) is 19.1. The molecule has 5 atom stereocenters. The number of benzene rings is 1. The number of H-pyrrole nitrogens is 1. The average Bonchev–Trinajstić information content (AvgIpc) is 3.10. The molecule has 6 aliphatic rings. The summed E-state index contributed by atoms with van der Waals surface area (Å²) in [5.41, 5.74) is 4.73. The smallest absolute Gasteiger partial charge is 0.330 e. The predicted octanol–water partition coefficient (Wildman–Crippen LogP) is 5.39. The normalized spacial score (nSPS) is 38.3. The second kappa shape index (κ2) is 6.69. The van der Waals surface area contributed by atoms with E-state index in [2.05, 4.69) is 47.1 Å². The number of halogens is 1. The van der Waals surface area contributed by atoms with Gasteiger partial charge in [0.15, 0.2) is 0 Å². The van der Waals surface area contributed by atoms with Crippen LogP contribution >= 0.6 is 0 Å². The van der Waals surface area contributed by atoms with Gasteiger partial charge in [0, 0.05) is 40.2 Å². The van der Waals surface area contributed by atoms with Crippen LogP contribution in [0.4, 0.5) is 4.39 Å². The highest BCUT2D eigenvalue weighted by Crippen LogP contribution is 2.75. The summed E-state index contributed by atoms with van der Waals surface area (Å²) in [6, 6.07) is 8.93. The Morgan fingerprint density at radius 3 is 2.91 bits per heavy atom. The summed E-state index contributed by atoms with van der Waals surface area (Å²) < 4.78 is 21.0. The van der Waals surface area contributed by atoms with Crippen LogP contribution in [0.3, 0.4) is 0 Å². The Morgan fingerprint density at radius 1 is 1.33 bits per heavy atom. The van der Waals surface area contributed by atoms with E-state index in [4.69, 9.17) is 4.74 Å². The van der Waals surface area contributed by atoms with Crippen molar-refractivity contribution < 1.29 is 13.9 Å². The van der Waals surface area contributed by atoms with E-state index in [0.29, 0.717) is 24.5 Å². The fourth-order valence-corrected chi connectivity index (χ4v) is 8.08. The van der Waals surface area contributed by atoms with Gasteiger partial charge in [-0.05, 0) is 80.2 Å². The second-order valence-corrected chi connectivity index (χ2v) is 10.7. The van der Waals surface area contributed by atoms with Crippen LogP contribution in [-0.4, -0.2) is 34.0 Å². The van der Waals surface area contributed by atoms with Crippen LogP contribution in [-0.2, 0) is 16.0 Å². The van der Waals surface area contributed by atoms with E-state index in [1.165, 1.54) is 35.6 Å². The quantitative estimate of drug-likeness (QED) is 0.510. The van der Waals surface area contributed by atoms with Crippen LogP contribution in [0.5, 0.6) is 0 Å². The monoisotopic (exact) mass is 444 g/mol. The van der Waals surface area contributed by atoms with Gasteiger partial charge < -0.3 is 9.72 Å². The lowest BCUT2D eigenvalue weighted by Crippen LogP contribution is -2.82. The molecule has 1 saturated heterocycles. The number of hydrogen-bond donors (Lipinski definition) is 1. The molecular weight excluding hydrogens is 415 g/mol. The molecule has 33 heavy (non-hydrogen) atoms. The molecule has 3 unspecified atom stereocenters. The molecule has 4 nitrogen and oxygen atoms in total. The molecule has 1 N–H and O–H groups in total. The maximum atomic E-state index is 16.0. The molecule has 0 amide bonds. The number of para-hydroxylation sites is 1. The summed E-state index contributed by atoms with van der Waals surface area (Å²) in [6.07, 6.45) is 10.5. The number of hydrogen-bond acceptors (Lipinski definition) is 3. The van der Waals surface area contributed by atoms with Crippen molar-refractivity contribution >= 4 is 16.9 Å². The zero-order valence-corrected chi connectivity index (χ0v) is 19.1. The highest BCUT2D eigenvalue weighted by atomic mass is 19.1. The number of carbonyl (C=O) groups is 1. The lowest BCUT2D eigenvalue weighted by atomic mass is 9.34. The van der Waals surface area contributed by atoms with Crippen LogP contribution in [0, 0.1) is 23.7 Å². The largest absolute Gasteiger partial charge is 0.463 e. The Hall–Kier alpha value is -2.66. The number of esters is 1. The molecule has 5 heteroatoms. The number of allylic oxidation sites excluding steroid dienone is 4. The number of nitrogens with zero attached hydrogens (tertiary/aromatic N) is 1. The van der Waals surface area contributed by atoms with Crippen LogP contribution < -0.4 is 0 Å². The standard InChI is InChI=1S/C28H29FN2O2/c1-3-33-23(32)9-8-16-11-20-24(21(29)12-16)27-26-19(18-6-4-5-7-22(18)30-26)10-15(2)31(27)28-13-17(14-28)25(20)28/h4-9,11-12,15,17,20,24-25,27,30H,3,10,13-14H2,1-2H3/b9-8+/t15-,17?,20?,24?,25?,27-,28?/m1/s1. The SMILES string of the molecule is CCOC(=O)/C=C/C1=CC2C(C(F)=C1)[C@@H]1c3[nH]c4ccccc4c3C[C@@H](C)N1C13CC(C1)C23. The van der Waals surface area contributed by atoms with E-state index < -0.39 is 0 Å². The van der Waals surface area contributed by atoms with Gasteiger partial charge in [0.25, 0.3) is 0 Å². The second-order valence-electron chi connectivity index (χ2n) is 10.7. The van der Waals surface area contributed by atoms with Crippen molar-refractivity contribution in [3.63, 3.8) is 0 Å². The van der Waals surface area contributed by atoms with Crippen molar-refractivity contribution in [2.24, 2.45) is 23.7 Å². The summed E-state index contributed by atoms with van der Waals surface area (Å²) in [5, 5.41) is 1.28. The summed E-state index contributed by atoms with van der Waals surface area (Å²) in [4.78, 5) is 18.2. The number of aromatic nitrogens is 1. The van der Waals surface area contributed by atoms with E-state index in [-0.39, 0.29) is 35.2 Å². The molecule has 3 saturated carbocycles. The minimum Gasteiger partial charge on any atom is -0.463 e. The summed E-state index contributed by atoms with van der Waals surface area (Å²) in [6.45, 7) is 4.46. The van der Waals surface area contributed by atoms with Crippen molar-refractivity contribution in [2.45, 2.75) is 50.7 Å². The number of aromatic amines is 1. The first-order valence-electron chi connectivity index (χ1n) is 12.3. The lowest BCUT2D eigenvalue weighted by Gasteiger charge is -2.80. The highest BCUT2D eigenvalue weighted by molar-refractivity contribution is 5.85. The van der Waals surface area contributed by atoms with E-state index in [9.17, 15) is 4.79 Å². The number of nitrogens with one attached hydrogen (secondary N) is 1. The molecule has 1 spiro atoms. The van der Waals surface area contributed by atoms with E-state index in [1.54, 1.807) is 19.1 Å². The van der Waals surface area contributed by atoms with Gasteiger partial charge >= 0.3 is 5.97 Å². The van der Waals surface area contributed by atoms with Gasteiger partial charge in [-0.3, -0.25) is 4.90 Å². The number of piperidine rings is 1. The maximum absolute atomic E-state index is 16.0. The zero-order chi connectivity index (χ0) is 22.5. The van der Waals surface area contributed by atoms with E-state index >= 15 is 4.39 Å². The lowest BCUT2D eigenvalue weighted by molar-refractivity contribution is -0.291. The Kier molecular flexibility index (Phi) is 4.01. The molecule has 3 heterocycles. The molecule has 2 aliphatic heterocycles. The minimum absolute atomic E-state index is 0.0294. The topological polar surface area (TPSA) is 45.3 Å². The van der Waals surface area contributed by atoms with Crippen molar-refractivity contribution in [1.82, 2.24) is 9.88 Å². The van der Waals surface area contributed by atoms with Crippen molar-refractivity contribution in [1.29, 1.82) is 0 Å². The van der Waals surface area contributed by atoms with Gasteiger partial charge in [-0.15, -0.1) is 0 Å². The van der Waals surface area contributed by atoms with Crippen LogP contribution in [0.15, 0.2) is 60.0 Å². The van der Waals surface area contributed by atoms with Gasteiger partial charge in [-0.25, -0.2) is 9.18 Å². The fourth-order valence-electron chi connectivity index (χ4n) is 8.08. The number of ether oxygens (including phenoxy) is 1. The maximum Gasteiger partial charge on any atom is 0.330 e. The summed E-state index contributed by atoms with van der Waals surface area (Å²) in [7, 11) is 0. The number of rotatable bonds is 3. The first kappa shape index (κ1) is 19.8. The predicted molar refractivity (Wildman–Crippen MR) is 125 cm³/mol. The molecule has 1 aromatic heterocycles. The molecule has 4 fully saturated rings. The van der Waals surface area contributed by atoms with E-state index in [1.807, 2.05) is 0 Å².